The van der Waals surface area contributed by atoms with E-state index in [0.29, 0.717) is 5.54 Å². The van der Waals surface area contributed by atoms with E-state index < -0.39 is 41.8 Å². The van der Waals surface area contributed by atoms with Gasteiger partial charge in [-0.1, -0.05) is 13.8 Å². The summed E-state index contributed by atoms with van der Waals surface area (Å²) in [6.45, 7) is 30.0. The Morgan fingerprint density at radius 3 is 1.25 bits per heavy atom. The third-order valence-electron chi connectivity index (χ3n) is 4.16. The summed E-state index contributed by atoms with van der Waals surface area (Å²) in [6.07, 6.45) is 0. The molecule has 0 heterocycles. The fourth-order valence-corrected chi connectivity index (χ4v) is 25.8. The minimum atomic E-state index is -2.14. The van der Waals surface area contributed by atoms with Gasteiger partial charge in [0.2, 0.25) is 0 Å². The van der Waals surface area contributed by atoms with E-state index >= 15 is 0 Å². The van der Waals surface area contributed by atoms with E-state index in [2.05, 4.69) is 85.9 Å². The molecule has 8 heteroatoms. The van der Waals surface area contributed by atoms with Crippen molar-refractivity contribution in [3.8, 4) is 0 Å². The van der Waals surface area contributed by atoms with Crippen molar-refractivity contribution < 1.29 is 12.3 Å². The molecule has 0 aromatic carbocycles. The second-order valence-corrected chi connectivity index (χ2v) is 32.7. The summed E-state index contributed by atoms with van der Waals surface area (Å²) in [5.41, 5.74) is 0.657. The van der Waals surface area contributed by atoms with Crippen LogP contribution in [0.15, 0.2) is 0 Å². The first kappa shape index (κ1) is 25.0. The van der Waals surface area contributed by atoms with Gasteiger partial charge in [0.15, 0.2) is 33.3 Å². The highest BCUT2D eigenvalue weighted by Gasteiger charge is 2.43. The molecule has 146 valence electrons. The van der Waals surface area contributed by atoms with Crippen molar-refractivity contribution in [2.75, 3.05) is 0 Å². The van der Waals surface area contributed by atoms with Crippen LogP contribution in [0.2, 0.25) is 89.6 Å². The van der Waals surface area contributed by atoms with Gasteiger partial charge in [0.25, 0.3) is 0 Å². The van der Waals surface area contributed by atoms with Gasteiger partial charge in [-0.15, -0.1) is 0 Å². The molecule has 0 N–H and O–H groups in total. The summed E-state index contributed by atoms with van der Waals surface area (Å²) in [6, 6.07) is 2.22. The Labute approximate surface area is 157 Å². The van der Waals surface area contributed by atoms with E-state index in [1.807, 2.05) is 0 Å². The Balaban J connectivity index is 5.11. The highest BCUT2D eigenvalue weighted by atomic mass is 28.5. The minimum Gasteiger partial charge on any atom is -0.455 e. The molecule has 0 fully saturated rings. The van der Waals surface area contributed by atoms with Crippen LogP contribution < -0.4 is 0 Å². The van der Waals surface area contributed by atoms with Gasteiger partial charge in [-0.05, 0) is 89.6 Å². The maximum atomic E-state index is 6.75. The van der Waals surface area contributed by atoms with Crippen LogP contribution in [0.1, 0.15) is 13.8 Å². The van der Waals surface area contributed by atoms with Crippen LogP contribution in [0.5, 0.6) is 0 Å². The maximum absolute atomic E-state index is 6.75. The summed E-state index contributed by atoms with van der Waals surface area (Å²) < 4.78 is 20.0. The van der Waals surface area contributed by atoms with Gasteiger partial charge in [-0.2, -0.15) is 0 Å². The predicted molar refractivity (Wildman–Crippen MR) is 121 cm³/mol. The van der Waals surface area contributed by atoms with Crippen molar-refractivity contribution in [2.45, 2.75) is 103 Å². The Morgan fingerprint density at radius 1 is 0.583 bits per heavy atom. The van der Waals surface area contributed by atoms with E-state index in [9.17, 15) is 0 Å². The lowest BCUT2D eigenvalue weighted by Gasteiger charge is -2.41. The van der Waals surface area contributed by atoms with Gasteiger partial charge < -0.3 is 12.3 Å². The summed E-state index contributed by atoms with van der Waals surface area (Å²) >= 11 is 0. The van der Waals surface area contributed by atoms with Crippen molar-refractivity contribution in [1.29, 1.82) is 0 Å². The molecule has 0 bridgehead atoms. The lowest BCUT2D eigenvalue weighted by atomic mass is 10.6. The molecule has 0 amide bonds. The van der Waals surface area contributed by atoms with E-state index in [1.54, 1.807) is 0 Å². The van der Waals surface area contributed by atoms with Crippen LogP contribution in [0.25, 0.3) is 0 Å². The first-order valence-corrected chi connectivity index (χ1v) is 24.8. The number of hydrogen-bond donors (Lipinski definition) is 0. The van der Waals surface area contributed by atoms with E-state index in [-0.39, 0.29) is 0 Å². The lowest BCUT2D eigenvalue weighted by Crippen LogP contribution is -2.54. The molecule has 0 aromatic rings. The largest absolute Gasteiger partial charge is 0.455 e. The number of rotatable bonds is 10. The highest BCUT2D eigenvalue weighted by molar-refractivity contribution is 6.89. The maximum Gasteiger partial charge on any atom is 0.314 e. The molecule has 0 aromatic heterocycles. The summed E-state index contributed by atoms with van der Waals surface area (Å²) in [7, 11) is -8.65. The van der Waals surface area contributed by atoms with Crippen LogP contribution in [0.4, 0.5) is 0 Å². The molecule has 24 heavy (non-hydrogen) atoms. The fraction of sp³-hybridized carbons (Fsp3) is 1.00. The second-order valence-electron chi connectivity index (χ2n) is 10.7. The summed E-state index contributed by atoms with van der Waals surface area (Å²) in [5.74, 6) is 0. The average Bonchev–Trinajstić information content (AvgIpc) is 2.19. The fourth-order valence-electron chi connectivity index (χ4n) is 2.83. The Kier molecular flexibility index (Phi) is 8.66. The minimum absolute atomic E-state index is 0.657. The Hall–Kier alpha value is 0.964. The first-order chi connectivity index (χ1) is 10.3. The van der Waals surface area contributed by atoms with E-state index in [0.717, 1.165) is 12.1 Å². The average molecular weight is 425 g/mol. The second kappa shape index (κ2) is 8.32. The molecular formula is C16H44O3Si5. The third-order valence-corrected chi connectivity index (χ3v) is 22.7. The summed E-state index contributed by atoms with van der Waals surface area (Å²) in [5, 5.41) is 0. The molecule has 0 saturated carbocycles. The normalized spacial score (nSPS) is 15.2. The van der Waals surface area contributed by atoms with Gasteiger partial charge >= 0.3 is 8.56 Å². The number of hydrogen-bond acceptors (Lipinski definition) is 3. The molecule has 0 aliphatic rings. The molecule has 0 atom stereocenters. The molecular weight excluding hydrogens is 381 g/mol. The molecule has 0 rings (SSSR count). The zero-order valence-electron chi connectivity index (χ0n) is 18.7. The topological polar surface area (TPSA) is 27.7 Å². The van der Waals surface area contributed by atoms with Crippen LogP contribution >= 0.6 is 0 Å². The monoisotopic (exact) mass is 424 g/mol. The van der Waals surface area contributed by atoms with Gasteiger partial charge in [0.1, 0.15) is 0 Å². The highest BCUT2D eigenvalue weighted by Crippen LogP contribution is 2.32. The van der Waals surface area contributed by atoms with Crippen LogP contribution in [0.3, 0.4) is 0 Å². The van der Waals surface area contributed by atoms with Crippen molar-refractivity contribution in [1.82, 2.24) is 0 Å². The standard InChI is InChI=1S/C16H44O3Si5/c1-16(2)23(11,12)19-22(9,10)14-15-24(13,17-20(3,4)5)18-21(6,7)8/h16H,14-15H2,1-13H3. The smallest absolute Gasteiger partial charge is 0.314 e. The Bertz CT molecular complexity index is 381. The summed E-state index contributed by atoms with van der Waals surface area (Å²) in [4.78, 5) is 0. The zero-order valence-corrected chi connectivity index (χ0v) is 23.7. The molecule has 0 aliphatic carbocycles. The molecule has 3 nitrogen and oxygen atoms in total. The van der Waals surface area contributed by atoms with Crippen LogP contribution in [0, 0.1) is 0 Å². The molecule has 0 saturated heterocycles. The molecule has 0 radical (unpaired) electrons. The quantitative estimate of drug-likeness (QED) is 0.370. The van der Waals surface area contributed by atoms with Gasteiger partial charge in [-0.25, -0.2) is 0 Å². The SMILES string of the molecule is CC(C)[Si](C)(C)O[Si](C)(C)CC[Si](C)(O[Si](C)(C)C)O[Si](C)(C)C. The van der Waals surface area contributed by atoms with Crippen molar-refractivity contribution in [3.05, 3.63) is 0 Å². The van der Waals surface area contributed by atoms with Crippen molar-refractivity contribution >= 4 is 41.8 Å². The zero-order chi connectivity index (χ0) is 19.6. The van der Waals surface area contributed by atoms with Gasteiger partial charge in [-0.3, -0.25) is 0 Å². The van der Waals surface area contributed by atoms with Crippen molar-refractivity contribution in [3.63, 3.8) is 0 Å². The third kappa shape index (κ3) is 10.8. The van der Waals surface area contributed by atoms with E-state index in [4.69, 9.17) is 12.3 Å². The molecule has 0 unspecified atom stereocenters. The first-order valence-electron chi connectivity index (χ1n) is 9.38. The predicted octanol–water partition coefficient (Wildman–Crippen LogP) is 6.60. The Morgan fingerprint density at radius 2 is 0.958 bits per heavy atom. The van der Waals surface area contributed by atoms with Crippen LogP contribution in [-0.4, -0.2) is 41.8 Å². The lowest BCUT2D eigenvalue weighted by molar-refractivity contribution is 0.384. The van der Waals surface area contributed by atoms with E-state index in [1.165, 1.54) is 0 Å². The van der Waals surface area contributed by atoms with Crippen molar-refractivity contribution in [2.24, 2.45) is 0 Å². The van der Waals surface area contributed by atoms with Gasteiger partial charge in [0.05, 0.1) is 0 Å². The molecule has 0 spiro atoms. The van der Waals surface area contributed by atoms with Crippen LogP contribution in [-0.2, 0) is 12.3 Å². The van der Waals surface area contributed by atoms with Gasteiger partial charge in [0, 0.05) is 0 Å². The molecule has 0 aliphatic heterocycles.